The first-order chi connectivity index (χ1) is 12.3. The van der Waals surface area contributed by atoms with Gasteiger partial charge in [0.2, 0.25) is 5.91 Å². The Balaban J connectivity index is 2.05. The van der Waals surface area contributed by atoms with E-state index in [0.29, 0.717) is 19.5 Å². The normalized spacial score (nSPS) is 17.7. The molecule has 1 fully saturated rings. The fourth-order valence-electron chi connectivity index (χ4n) is 3.54. The summed E-state index contributed by atoms with van der Waals surface area (Å²) in [6, 6.07) is 1.89. The second-order valence-electron chi connectivity index (χ2n) is 6.86. The van der Waals surface area contributed by atoms with E-state index < -0.39 is 5.97 Å². The van der Waals surface area contributed by atoms with Crippen molar-refractivity contribution in [1.82, 2.24) is 9.80 Å². The minimum atomic E-state index is -1.00. The van der Waals surface area contributed by atoms with Crippen molar-refractivity contribution in [2.45, 2.75) is 58.9 Å². The highest BCUT2D eigenvalue weighted by molar-refractivity contribution is 7.14. The maximum atomic E-state index is 12.9. The summed E-state index contributed by atoms with van der Waals surface area (Å²) in [6.45, 7) is 6.51. The molecule has 0 saturated carbocycles. The second kappa shape index (κ2) is 9.16. The Morgan fingerprint density at radius 2 is 2.04 bits per heavy atom. The van der Waals surface area contributed by atoms with Crippen LogP contribution in [0.3, 0.4) is 0 Å². The Morgan fingerprint density at radius 3 is 2.65 bits per heavy atom. The summed E-state index contributed by atoms with van der Waals surface area (Å²) in [7, 11) is 0. The van der Waals surface area contributed by atoms with Gasteiger partial charge in [-0.1, -0.05) is 13.3 Å². The third-order valence-corrected chi connectivity index (χ3v) is 5.97. The van der Waals surface area contributed by atoms with Crippen LogP contribution < -0.4 is 0 Å². The molecule has 7 heteroatoms. The minimum Gasteiger partial charge on any atom is -0.480 e. The minimum absolute atomic E-state index is 0.0497. The molecule has 1 aromatic rings. The molecule has 0 aromatic carbocycles. The van der Waals surface area contributed by atoms with Crippen LogP contribution in [-0.4, -0.2) is 58.4 Å². The Labute approximate surface area is 158 Å². The molecular weight excluding hydrogens is 352 g/mol. The molecule has 1 atom stereocenters. The number of carbonyl (C=O) groups excluding carboxylic acids is 2. The molecule has 2 rings (SSSR count). The molecule has 6 nitrogen and oxygen atoms in total. The van der Waals surface area contributed by atoms with Gasteiger partial charge in [-0.3, -0.25) is 14.4 Å². The van der Waals surface area contributed by atoms with Gasteiger partial charge in [0.25, 0.3) is 5.91 Å². The Kier molecular flexibility index (Phi) is 7.20. The SMILES string of the molecule is CCCc1cc(C(=O)N2CCCC(N(CC(=O)O)C(C)=O)CC2)sc1C. The number of carboxylic acids is 1. The molecule has 1 unspecified atom stereocenters. The van der Waals surface area contributed by atoms with Crippen molar-refractivity contribution in [1.29, 1.82) is 0 Å². The molecule has 26 heavy (non-hydrogen) atoms. The molecule has 2 heterocycles. The lowest BCUT2D eigenvalue weighted by Gasteiger charge is -2.28. The number of rotatable bonds is 6. The molecule has 0 aliphatic carbocycles. The summed E-state index contributed by atoms with van der Waals surface area (Å²) in [6.07, 6.45) is 4.15. The maximum absolute atomic E-state index is 12.9. The zero-order valence-corrected chi connectivity index (χ0v) is 16.6. The third kappa shape index (κ3) is 5.06. The van der Waals surface area contributed by atoms with Crippen LogP contribution >= 0.6 is 11.3 Å². The van der Waals surface area contributed by atoms with Crippen LogP contribution in [0.5, 0.6) is 0 Å². The van der Waals surface area contributed by atoms with Crippen molar-refractivity contribution in [3.8, 4) is 0 Å². The summed E-state index contributed by atoms with van der Waals surface area (Å²) in [5.41, 5.74) is 1.25. The second-order valence-corrected chi connectivity index (χ2v) is 8.12. The van der Waals surface area contributed by atoms with Gasteiger partial charge in [-0.25, -0.2) is 0 Å². The van der Waals surface area contributed by atoms with Crippen LogP contribution in [0, 0.1) is 6.92 Å². The van der Waals surface area contributed by atoms with Gasteiger partial charge in [0.15, 0.2) is 0 Å². The van der Waals surface area contributed by atoms with Crippen LogP contribution in [-0.2, 0) is 16.0 Å². The van der Waals surface area contributed by atoms with Crippen LogP contribution in [0.25, 0.3) is 0 Å². The predicted molar refractivity (Wildman–Crippen MR) is 102 cm³/mol. The standard InChI is InChI=1S/C19H28N2O4S/c1-4-6-15-11-17(26-13(15)2)19(25)20-9-5-7-16(8-10-20)21(14(3)22)12-18(23)24/h11,16H,4-10,12H2,1-3H3,(H,23,24). The maximum Gasteiger partial charge on any atom is 0.323 e. The number of likely N-dealkylation sites (tertiary alicyclic amines) is 1. The van der Waals surface area contributed by atoms with Gasteiger partial charge in [0.1, 0.15) is 6.54 Å². The molecule has 2 amide bonds. The third-order valence-electron chi connectivity index (χ3n) is 4.89. The van der Waals surface area contributed by atoms with E-state index in [2.05, 4.69) is 13.8 Å². The number of aliphatic carboxylic acids is 1. The molecule has 0 radical (unpaired) electrons. The van der Waals surface area contributed by atoms with Crippen LogP contribution in [0.15, 0.2) is 6.07 Å². The van der Waals surface area contributed by atoms with E-state index in [1.807, 2.05) is 11.0 Å². The summed E-state index contributed by atoms with van der Waals surface area (Å²) in [5, 5.41) is 9.04. The smallest absolute Gasteiger partial charge is 0.323 e. The van der Waals surface area contributed by atoms with Gasteiger partial charge >= 0.3 is 5.97 Å². The number of carboxylic acid groups (broad SMARTS) is 1. The molecule has 0 spiro atoms. The van der Waals surface area contributed by atoms with Crippen LogP contribution in [0.4, 0.5) is 0 Å². The van der Waals surface area contributed by atoms with Crippen molar-refractivity contribution >= 4 is 29.1 Å². The van der Waals surface area contributed by atoms with E-state index in [4.69, 9.17) is 5.11 Å². The van der Waals surface area contributed by atoms with E-state index in [-0.39, 0.29) is 24.4 Å². The molecule has 1 aliphatic rings. The summed E-state index contributed by atoms with van der Waals surface area (Å²) >= 11 is 1.55. The molecule has 0 bridgehead atoms. The van der Waals surface area contributed by atoms with Crippen molar-refractivity contribution < 1.29 is 19.5 Å². The first kappa shape index (κ1) is 20.4. The molecule has 1 N–H and O–H groups in total. The monoisotopic (exact) mass is 380 g/mol. The topological polar surface area (TPSA) is 77.9 Å². The lowest BCUT2D eigenvalue weighted by atomic mass is 10.1. The highest BCUT2D eigenvalue weighted by atomic mass is 32.1. The fraction of sp³-hybridized carbons (Fsp3) is 0.632. The van der Waals surface area contributed by atoms with E-state index in [1.54, 1.807) is 11.3 Å². The average molecular weight is 381 g/mol. The molecule has 1 aliphatic heterocycles. The van der Waals surface area contributed by atoms with Crippen molar-refractivity contribution in [2.75, 3.05) is 19.6 Å². The number of amides is 2. The Bertz CT molecular complexity index is 670. The van der Waals surface area contributed by atoms with Gasteiger partial charge in [-0.2, -0.15) is 0 Å². The highest BCUT2D eigenvalue weighted by Crippen LogP contribution is 2.26. The van der Waals surface area contributed by atoms with Gasteiger partial charge in [0, 0.05) is 30.9 Å². The number of carbonyl (C=O) groups is 3. The zero-order valence-electron chi connectivity index (χ0n) is 15.8. The fourth-order valence-corrected chi connectivity index (χ4v) is 4.57. The van der Waals surface area contributed by atoms with Crippen LogP contribution in [0.2, 0.25) is 0 Å². The average Bonchev–Trinajstić information content (AvgIpc) is 2.80. The van der Waals surface area contributed by atoms with Gasteiger partial charge < -0.3 is 14.9 Å². The van der Waals surface area contributed by atoms with Gasteiger partial charge in [-0.05, 0) is 44.2 Å². The van der Waals surface area contributed by atoms with E-state index in [0.717, 1.165) is 30.6 Å². The lowest BCUT2D eigenvalue weighted by Crippen LogP contribution is -2.43. The summed E-state index contributed by atoms with van der Waals surface area (Å²) in [4.78, 5) is 41.0. The molecule has 144 valence electrons. The molecular formula is C19H28N2O4S. The molecule has 1 aromatic heterocycles. The largest absolute Gasteiger partial charge is 0.480 e. The Morgan fingerprint density at radius 1 is 1.31 bits per heavy atom. The number of hydrogen-bond acceptors (Lipinski definition) is 4. The van der Waals surface area contributed by atoms with E-state index in [9.17, 15) is 14.4 Å². The first-order valence-electron chi connectivity index (χ1n) is 9.21. The molecule has 1 saturated heterocycles. The van der Waals surface area contributed by atoms with E-state index in [1.165, 1.54) is 22.3 Å². The Hall–Kier alpha value is -1.89. The number of aryl methyl sites for hydroxylation is 2. The van der Waals surface area contributed by atoms with Crippen molar-refractivity contribution in [3.05, 3.63) is 21.4 Å². The summed E-state index contributed by atoms with van der Waals surface area (Å²) in [5.74, 6) is -1.18. The van der Waals surface area contributed by atoms with Gasteiger partial charge in [-0.15, -0.1) is 11.3 Å². The lowest BCUT2D eigenvalue weighted by molar-refractivity contribution is -0.145. The first-order valence-corrected chi connectivity index (χ1v) is 10.0. The van der Waals surface area contributed by atoms with Crippen molar-refractivity contribution in [3.63, 3.8) is 0 Å². The van der Waals surface area contributed by atoms with E-state index >= 15 is 0 Å². The van der Waals surface area contributed by atoms with Gasteiger partial charge in [0.05, 0.1) is 4.88 Å². The summed E-state index contributed by atoms with van der Waals surface area (Å²) < 4.78 is 0. The van der Waals surface area contributed by atoms with Crippen molar-refractivity contribution in [2.24, 2.45) is 0 Å². The van der Waals surface area contributed by atoms with Crippen LogP contribution in [0.1, 0.15) is 59.6 Å². The highest BCUT2D eigenvalue weighted by Gasteiger charge is 2.28. The number of hydrogen-bond donors (Lipinski definition) is 1. The zero-order chi connectivity index (χ0) is 19.3. The number of thiophene rings is 1. The number of nitrogens with zero attached hydrogens (tertiary/aromatic N) is 2. The predicted octanol–water partition coefficient (Wildman–Crippen LogP) is 2.94. The quantitative estimate of drug-likeness (QED) is 0.823.